The Bertz CT molecular complexity index is 793. The number of methoxy groups -OCH3 is 2. The Morgan fingerprint density at radius 3 is 2.26 bits per heavy atom. The highest BCUT2D eigenvalue weighted by Gasteiger charge is 2.17. The van der Waals surface area contributed by atoms with E-state index in [1.807, 2.05) is 12.1 Å². The lowest BCUT2D eigenvalue weighted by molar-refractivity contribution is -0.119. The Labute approximate surface area is 157 Å². The quantitative estimate of drug-likeness (QED) is 0.732. The molecule has 27 heavy (non-hydrogen) atoms. The number of primary amides is 1. The zero-order chi connectivity index (χ0) is 19.8. The minimum Gasteiger partial charge on any atom is -0.493 e. The Hall–Kier alpha value is -3.09. The van der Waals surface area contributed by atoms with Crippen LogP contribution in [0.3, 0.4) is 0 Å². The molecule has 2 aromatic carbocycles. The summed E-state index contributed by atoms with van der Waals surface area (Å²) >= 11 is 0. The normalized spacial score (nSPS) is 10.3. The molecule has 0 radical (unpaired) electrons. The SMILES string of the molecule is COc1ccc(CCC(=O)N(CCC(N)=O)c2ccc(F)cc2)cc1OC. The first-order valence-electron chi connectivity index (χ1n) is 8.49. The van der Waals surface area contributed by atoms with Gasteiger partial charge < -0.3 is 20.1 Å². The number of hydrogen-bond acceptors (Lipinski definition) is 4. The third-order valence-electron chi connectivity index (χ3n) is 4.10. The number of nitrogens with two attached hydrogens (primary N) is 1. The van der Waals surface area contributed by atoms with Crippen molar-refractivity contribution in [2.24, 2.45) is 5.73 Å². The second-order valence-corrected chi connectivity index (χ2v) is 5.93. The smallest absolute Gasteiger partial charge is 0.227 e. The first-order chi connectivity index (χ1) is 12.9. The first-order valence-corrected chi connectivity index (χ1v) is 8.49. The van der Waals surface area contributed by atoms with Gasteiger partial charge in [0.25, 0.3) is 0 Å². The highest BCUT2D eigenvalue weighted by Crippen LogP contribution is 2.28. The van der Waals surface area contributed by atoms with Crippen molar-refractivity contribution in [2.45, 2.75) is 19.3 Å². The van der Waals surface area contributed by atoms with E-state index in [0.29, 0.717) is 23.6 Å². The van der Waals surface area contributed by atoms with E-state index in [-0.39, 0.29) is 25.3 Å². The fourth-order valence-corrected chi connectivity index (χ4v) is 2.66. The molecule has 2 rings (SSSR count). The monoisotopic (exact) mass is 374 g/mol. The van der Waals surface area contributed by atoms with Gasteiger partial charge >= 0.3 is 0 Å². The number of benzene rings is 2. The van der Waals surface area contributed by atoms with E-state index >= 15 is 0 Å². The molecule has 2 N–H and O–H groups in total. The summed E-state index contributed by atoms with van der Waals surface area (Å²) in [6.07, 6.45) is 0.721. The maximum Gasteiger partial charge on any atom is 0.227 e. The van der Waals surface area contributed by atoms with Crippen LogP contribution in [-0.2, 0) is 16.0 Å². The lowest BCUT2D eigenvalue weighted by Gasteiger charge is -2.22. The number of halogens is 1. The van der Waals surface area contributed by atoms with Crippen LogP contribution >= 0.6 is 0 Å². The molecular weight excluding hydrogens is 351 g/mol. The number of hydrogen-bond donors (Lipinski definition) is 1. The lowest BCUT2D eigenvalue weighted by atomic mass is 10.1. The van der Waals surface area contributed by atoms with Crippen LogP contribution in [0.25, 0.3) is 0 Å². The molecule has 0 spiro atoms. The summed E-state index contributed by atoms with van der Waals surface area (Å²) in [5.41, 5.74) is 6.64. The van der Waals surface area contributed by atoms with E-state index in [9.17, 15) is 14.0 Å². The van der Waals surface area contributed by atoms with Crippen LogP contribution in [0, 0.1) is 5.82 Å². The van der Waals surface area contributed by atoms with Crippen LogP contribution in [0.4, 0.5) is 10.1 Å². The summed E-state index contributed by atoms with van der Waals surface area (Å²) in [6, 6.07) is 11.0. The molecule has 6 nitrogen and oxygen atoms in total. The minimum atomic E-state index is -0.505. The Kier molecular flexibility index (Phi) is 7.16. The summed E-state index contributed by atoms with van der Waals surface area (Å²) in [5, 5.41) is 0. The van der Waals surface area contributed by atoms with Gasteiger partial charge in [0.1, 0.15) is 5.82 Å². The van der Waals surface area contributed by atoms with Crippen LogP contribution in [0.2, 0.25) is 0 Å². The molecule has 2 aromatic rings. The molecule has 0 bridgehead atoms. The van der Waals surface area contributed by atoms with E-state index in [2.05, 4.69) is 0 Å². The molecule has 0 unspecified atom stereocenters. The number of amides is 2. The molecule has 144 valence electrons. The molecule has 0 heterocycles. The summed E-state index contributed by atoms with van der Waals surface area (Å²) in [4.78, 5) is 25.3. The Morgan fingerprint density at radius 2 is 1.67 bits per heavy atom. The Morgan fingerprint density at radius 1 is 1.00 bits per heavy atom. The number of carbonyl (C=O) groups is 2. The van der Waals surface area contributed by atoms with Gasteiger partial charge in [0.15, 0.2) is 11.5 Å². The molecule has 0 aromatic heterocycles. The molecular formula is C20H23FN2O4. The molecule has 0 saturated carbocycles. The highest BCUT2D eigenvalue weighted by molar-refractivity contribution is 5.94. The van der Waals surface area contributed by atoms with E-state index in [1.165, 1.54) is 29.2 Å². The van der Waals surface area contributed by atoms with Crippen LogP contribution in [-0.4, -0.2) is 32.6 Å². The number of rotatable bonds is 9. The molecule has 7 heteroatoms. The molecule has 0 aliphatic carbocycles. The van der Waals surface area contributed by atoms with Gasteiger partial charge in [0.05, 0.1) is 14.2 Å². The maximum absolute atomic E-state index is 13.2. The van der Waals surface area contributed by atoms with Gasteiger partial charge in [-0.1, -0.05) is 6.07 Å². The van der Waals surface area contributed by atoms with Crippen molar-refractivity contribution in [1.29, 1.82) is 0 Å². The third-order valence-corrected chi connectivity index (χ3v) is 4.10. The molecule has 2 amide bonds. The zero-order valence-corrected chi connectivity index (χ0v) is 15.4. The van der Waals surface area contributed by atoms with Gasteiger partial charge in [-0.3, -0.25) is 9.59 Å². The zero-order valence-electron chi connectivity index (χ0n) is 15.4. The van der Waals surface area contributed by atoms with Crippen molar-refractivity contribution in [1.82, 2.24) is 0 Å². The van der Waals surface area contributed by atoms with Crippen molar-refractivity contribution >= 4 is 17.5 Å². The van der Waals surface area contributed by atoms with Crippen molar-refractivity contribution in [3.8, 4) is 11.5 Å². The maximum atomic E-state index is 13.2. The van der Waals surface area contributed by atoms with Gasteiger partial charge in [0, 0.05) is 25.1 Å². The van der Waals surface area contributed by atoms with Crippen LogP contribution < -0.4 is 20.1 Å². The fourth-order valence-electron chi connectivity index (χ4n) is 2.66. The predicted molar refractivity (Wildman–Crippen MR) is 100 cm³/mol. The largest absolute Gasteiger partial charge is 0.493 e. The van der Waals surface area contributed by atoms with E-state index < -0.39 is 11.7 Å². The van der Waals surface area contributed by atoms with E-state index in [1.54, 1.807) is 20.3 Å². The summed E-state index contributed by atoms with van der Waals surface area (Å²) in [5.74, 6) is 0.118. The van der Waals surface area contributed by atoms with E-state index in [4.69, 9.17) is 15.2 Å². The fraction of sp³-hybridized carbons (Fsp3) is 0.300. The van der Waals surface area contributed by atoms with Crippen LogP contribution in [0.15, 0.2) is 42.5 Å². The van der Waals surface area contributed by atoms with Gasteiger partial charge in [-0.05, 0) is 48.4 Å². The lowest BCUT2D eigenvalue weighted by Crippen LogP contribution is -2.34. The second kappa shape index (κ2) is 9.56. The van der Waals surface area contributed by atoms with Crippen molar-refractivity contribution in [3.63, 3.8) is 0 Å². The molecule has 0 aliphatic heterocycles. The predicted octanol–water partition coefficient (Wildman–Crippen LogP) is 2.68. The summed E-state index contributed by atoms with van der Waals surface area (Å²) < 4.78 is 23.6. The van der Waals surface area contributed by atoms with Gasteiger partial charge in [-0.2, -0.15) is 0 Å². The standard InChI is InChI=1S/C20H23FN2O4/c1-26-17-9-3-14(13-18(17)27-2)4-10-20(25)23(12-11-19(22)24)16-7-5-15(21)6-8-16/h3,5-9,13H,4,10-12H2,1-2H3,(H2,22,24). The number of aryl methyl sites for hydroxylation is 1. The van der Waals surface area contributed by atoms with Gasteiger partial charge in [-0.15, -0.1) is 0 Å². The average Bonchev–Trinajstić information content (AvgIpc) is 2.67. The number of carbonyl (C=O) groups excluding carboxylic acids is 2. The summed E-state index contributed by atoms with van der Waals surface area (Å²) in [7, 11) is 3.10. The average molecular weight is 374 g/mol. The molecule has 0 aliphatic rings. The third kappa shape index (κ3) is 5.70. The van der Waals surface area contributed by atoms with Crippen LogP contribution in [0.5, 0.6) is 11.5 Å². The molecule has 0 saturated heterocycles. The van der Waals surface area contributed by atoms with Crippen molar-refractivity contribution in [3.05, 3.63) is 53.8 Å². The molecule has 0 atom stereocenters. The second-order valence-electron chi connectivity index (χ2n) is 5.93. The van der Waals surface area contributed by atoms with Crippen molar-refractivity contribution in [2.75, 3.05) is 25.7 Å². The number of anilines is 1. The van der Waals surface area contributed by atoms with Gasteiger partial charge in [0.2, 0.25) is 11.8 Å². The van der Waals surface area contributed by atoms with E-state index in [0.717, 1.165) is 5.56 Å². The topological polar surface area (TPSA) is 81.9 Å². The van der Waals surface area contributed by atoms with Gasteiger partial charge in [-0.25, -0.2) is 4.39 Å². The Balaban J connectivity index is 2.10. The van der Waals surface area contributed by atoms with Crippen molar-refractivity contribution < 1.29 is 23.5 Å². The first kappa shape index (κ1) is 20.2. The highest BCUT2D eigenvalue weighted by atomic mass is 19.1. The minimum absolute atomic E-state index is 0.0273. The summed E-state index contributed by atoms with van der Waals surface area (Å²) in [6.45, 7) is 0.145. The molecule has 0 fully saturated rings. The number of ether oxygens (including phenoxy) is 2. The van der Waals surface area contributed by atoms with Crippen LogP contribution in [0.1, 0.15) is 18.4 Å². The number of nitrogens with zero attached hydrogens (tertiary/aromatic N) is 1.